The summed E-state index contributed by atoms with van der Waals surface area (Å²) in [7, 11) is 0. The normalized spacial score (nSPS) is 14.0. The number of nitrogens with zero attached hydrogens (tertiary/aromatic N) is 1. The minimum atomic E-state index is -0.169. The van der Waals surface area contributed by atoms with Crippen LogP contribution >= 0.6 is 0 Å². The van der Waals surface area contributed by atoms with Crippen molar-refractivity contribution in [2.75, 3.05) is 32.8 Å². The van der Waals surface area contributed by atoms with E-state index >= 15 is 0 Å². The highest BCUT2D eigenvalue weighted by molar-refractivity contribution is 5.94. The predicted molar refractivity (Wildman–Crippen MR) is 123 cm³/mol. The molecule has 3 rings (SSSR count). The van der Waals surface area contributed by atoms with E-state index < -0.39 is 0 Å². The van der Waals surface area contributed by atoms with E-state index in [9.17, 15) is 9.59 Å². The molecule has 1 aliphatic heterocycles. The summed E-state index contributed by atoms with van der Waals surface area (Å²) < 4.78 is 5.41. The molecule has 0 atom stereocenters. The Hall–Kier alpha value is -3.12. The number of hydrogen-bond donors (Lipinski definition) is 2. The standard InChI is InChI=1S/C25H31N3O3/c1-2-31-23-12-7-20(8-13-23)9-14-24(29)27-19-21-5-10-22(11-6-21)25(30)26-15-18-28-16-3-4-17-28/h5-14H,2-4,15-19H2,1H3,(H,26,30)(H,27,29)/b14-9+. The molecule has 2 aromatic carbocycles. The minimum absolute atomic E-state index is 0.0620. The quantitative estimate of drug-likeness (QED) is 0.578. The predicted octanol–water partition coefficient (Wildman–Crippen LogP) is 3.24. The first-order valence-electron chi connectivity index (χ1n) is 10.9. The molecule has 1 aliphatic rings. The van der Waals surface area contributed by atoms with E-state index in [4.69, 9.17) is 4.74 Å². The van der Waals surface area contributed by atoms with Crippen LogP contribution in [0.3, 0.4) is 0 Å². The van der Waals surface area contributed by atoms with Gasteiger partial charge in [0.15, 0.2) is 0 Å². The van der Waals surface area contributed by atoms with Crippen molar-refractivity contribution >= 4 is 17.9 Å². The summed E-state index contributed by atoms with van der Waals surface area (Å²) in [5.74, 6) is 0.582. The number of rotatable bonds is 10. The maximum Gasteiger partial charge on any atom is 0.251 e. The maximum absolute atomic E-state index is 12.3. The molecule has 2 amide bonds. The van der Waals surface area contributed by atoms with Gasteiger partial charge in [-0.05, 0) is 74.3 Å². The molecule has 2 aromatic rings. The van der Waals surface area contributed by atoms with E-state index in [2.05, 4.69) is 15.5 Å². The van der Waals surface area contributed by atoms with Gasteiger partial charge in [0.2, 0.25) is 5.91 Å². The Morgan fingerprint density at radius 3 is 2.39 bits per heavy atom. The molecule has 164 valence electrons. The highest BCUT2D eigenvalue weighted by Gasteiger charge is 2.11. The van der Waals surface area contributed by atoms with E-state index in [0.29, 0.717) is 25.3 Å². The molecule has 31 heavy (non-hydrogen) atoms. The lowest BCUT2D eigenvalue weighted by atomic mass is 10.1. The first-order chi connectivity index (χ1) is 15.1. The SMILES string of the molecule is CCOc1ccc(/C=C/C(=O)NCc2ccc(C(=O)NCCN3CCCC3)cc2)cc1. The second-order valence-electron chi connectivity index (χ2n) is 7.55. The minimum Gasteiger partial charge on any atom is -0.494 e. The van der Waals surface area contributed by atoms with Crippen molar-refractivity contribution in [1.82, 2.24) is 15.5 Å². The van der Waals surface area contributed by atoms with Crippen LogP contribution in [0.5, 0.6) is 5.75 Å². The molecule has 6 nitrogen and oxygen atoms in total. The first-order valence-corrected chi connectivity index (χ1v) is 10.9. The molecule has 1 saturated heterocycles. The van der Waals surface area contributed by atoms with Crippen molar-refractivity contribution in [3.05, 3.63) is 71.3 Å². The monoisotopic (exact) mass is 421 g/mol. The van der Waals surface area contributed by atoms with E-state index in [1.807, 2.05) is 43.3 Å². The Morgan fingerprint density at radius 2 is 1.71 bits per heavy atom. The fourth-order valence-electron chi connectivity index (χ4n) is 3.47. The van der Waals surface area contributed by atoms with Crippen LogP contribution in [0.2, 0.25) is 0 Å². The lowest BCUT2D eigenvalue weighted by Crippen LogP contribution is -2.33. The van der Waals surface area contributed by atoms with Crippen molar-refractivity contribution in [2.45, 2.75) is 26.3 Å². The fraction of sp³-hybridized carbons (Fsp3) is 0.360. The first kappa shape index (κ1) is 22.6. The van der Waals surface area contributed by atoms with Gasteiger partial charge in [-0.3, -0.25) is 9.59 Å². The second kappa shape index (κ2) is 11.9. The molecule has 0 unspecified atom stereocenters. The zero-order valence-electron chi connectivity index (χ0n) is 18.1. The van der Waals surface area contributed by atoms with Crippen molar-refractivity contribution < 1.29 is 14.3 Å². The van der Waals surface area contributed by atoms with Gasteiger partial charge >= 0.3 is 0 Å². The molecule has 0 aromatic heterocycles. The van der Waals surface area contributed by atoms with Crippen LogP contribution in [-0.2, 0) is 11.3 Å². The van der Waals surface area contributed by atoms with Gasteiger partial charge in [-0.25, -0.2) is 0 Å². The van der Waals surface area contributed by atoms with Crippen molar-refractivity contribution in [2.24, 2.45) is 0 Å². The van der Waals surface area contributed by atoms with Gasteiger partial charge in [-0.2, -0.15) is 0 Å². The van der Waals surface area contributed by atoms with Crippen LogP contribution in [0.1, 0.15) is 41.3 Å². The molecule has 1 fully saturated rings. The third kappa shape index (κ3) is 7.57. The van der Waals surface area contributed by atoms with Gasteiger partial charge in [0.05, 0.1) is 6.61 Å². The summed E-state index contributed by atoms with van der Waals surface area (Å²) in [5, 5.41) is 5.83. The van der Waals surface area contributed by atoms with Gasteiger partial charge in [-0.15, -0.1) is 0 Å². The summed E-state index contributed by atoms with van der Waals surface area (Å²) in [5.41, 5.74) is 2.50. The summed E-state index contributed by atoms with van der Waals surface area (Å²) in [6.45, 7) is 6.80. The third-order valence-corrected chi connectivity index (χ3v) is 5.21. The molecular formula is C25H31N3O3. The van der Waals surface area contributed by atoms with Crippen LogP contribution in [-0.4, -0.2) is 49.5 Å². The van der Waals surface area contributed by atoms with Crippen LogP contribution in [0, 0.1) is 0 Å². The van der Waals surface area contributed by atoms with E-state index in [1.165, 1.54) is 18.9 Å². The van der Waals surface area contributed by atoms with Crippen LogP contribution in [0.15, 0.2) is 54.6 Å². The van der Waals surface area contributed by atoms with Gasteiger partial charge < -0.3 is 20.3 Å². The van der Waals surface area contributed by atoms with E-state index in [1.54, 1.807) is 18.2 Å². The Labute approximate surface area is 184 Å². The highest BCUT2D eigenvalue weighted by Crippen LogP contribution is 2.13. The second-order valence-corrected chi connectivity index (χ2v) is 7.55. The largest absolute Gasteiger partial charge is 0.494 e. The van der Waals surface area contributed by atoms with Crippen molar-refractivity contribution in [3.8, 4) is 5.75 Å². The zero-order chi connectivity index (χ0) is 21.9. The van der Waals surface area contributed by atoms with Crippen LogP contribution < -0.4 is 15.4 Å². The molecule has 0 bridgehead atoms. The molecule has 0 saturated carbocycles. The third-order valence-electron chi connectivity index (χ3n) is 5.21. The van der Waals surface area contributed by atoms with Gasteiger partial charge in [0.1, 0.15) is 5.75 Å². The molecule has 0 spiro atoms. The summed E-state index contributed by atoms with van der Waals surface area (Å²) >= 11 is 0. The number of ether oxygens (including phenoxy) is 1. The lowest BCUT2D eigenvalue weighted by Gasteiger charge is -2.14. The topological polar surface area (TPSA) is 70.7 Å². The average molecular weight is 422 g/mol. The molecule has 0 radical (unpaired) electrons. The summed E-state index contributed by atoms with van der Waals surface area (Å²) in [6, 6.07) is 14.9. The average Bonchev–Trinajstić information content (AvgIpc) is 3.31. The van der Waals surface area contributed by atoms with Crippen molar-refractivity contribution in [3.63, 3.8) is 0 Å². The van der Waals surface area contributed by atoms with E-state index in [-0.39, 0.29) is 11.8 Å². The van der Waals surface area contributed by atoms with Crippen LogP contribution in [0.25, 0.3) is 6.08 Å². The Bertz CT molecular complexity index is 870. The Morgan fingerprint density at radius 1 is 1.00 bits per heavy atom. The number of benzene rings is 2. The van der Waals surface area contributed by atoms with Crippen LogP contribution in [0.4, 0.5) is 0 Å². The summed E-state index contributed by atoms with van der Waals surface area (Å²) in [6.07, 6.45) is 5.78. The van der Waals surface area contributed by atoms with Gasteiger partial charge in [-0.1, -0.05) is 24.3 Å². The molecule has 6 heteroatoms. The van der Waals surface area contributed by atoms with Gasteiger partial charge in [0.25, 0.3) is 5.91 Å². The number of carbonyl (C=O) groups is 2. The molecule has 1 heterocycles. The highest BCUT2D eigenvalue weighted by atomic mass is 16.5. The number of likely N-dealkylation sites (tertiary alicyclic amines) is 1. The smallest absolute Gasteiger partial charge is 0.251 e. The molecule has 2 N–H and O–H groups in total. The lowest BCUT2D eigenvalue weighted by molar-refractivity contribution is -0.116. The molecule has 0 aliphatic carbocycles. The van der Waals surface area contributed by atoms with Crippen molar-refractivity contribution in [1.29, 1.82) is 0 Å². The van der Waals surface area contributed by atoms with E-state index in [0.717, 1.165) is 36.5 Å². The number of hydrogen-bond acceptors (Lipinski definition) is 4. The Balaban J connectivity index is 1.39. The number of nitrogens with one attached hydrogen (secondary N) is 2. The Kier molecular flexibility index (Phi) is 8.67. The fourth-order valence-corrected chi connectivity index (χ4v) is 3.47. The number of carbonyl (C=O) groups excluding carboxylic acids is 2. The van der Waals surface area contributed by atoms with Gasteiger partial charge in [0, 0.05) is 31.3 Å². The zero-order valence-corrected chi connectivity index (χ0v) is 18.1. The summed E-state index contributed by atoms with van der Waals surface area (Å²) in [4.78, 5) is 26.7. The molecular weight excluding hydrogens is 390 g/mol. The maximum atomic E-state index is 12.3. The number of amides is 2.